The molecule has 0 unspecified atom stereocenters. The Kier molecular flexibility index (Phi) is 7.32. The molecule has 1 fully saturated rings. The van der Waals surface area contributed by atoms with Gasteiger partial charge in [0.2, 0.25) is 0 Å². The predicted molar refractivity (Wildman–Crippen MR) is 123 cm³/mol. The molecule has 0 amide bonds. The van der Waals surface area contributed by atoms with E-state index in [1.165, 1.54) is 36.4 Å². The summed E-state index contributed by atoms with van der Waals surface area (Å²) in [4.78, 5) is 2.44. The van der Waals surface area contributed by atoms with Gasteiger partial charge in [-0.05, 0) is 74.1 Å². The molecule has 0 spiro atoms. The van der Waals surface area contributed by atoms with Gasteiger partial charge < -0.3 is 4.90 Å². The van der Waals surface area contributed by atoms with E-state index in [0.717, 1.165) is 32.1 Å². The highest BCUT2D eigenvalue weighted by Crippen LogP contribution is 2.41. The van der Waals surface area contributed by atoms with E-state index in [1.54, 1.807) is 0 Å². The molecule has 1 heterocycles. The number of likely N-dealkylation sites (tertiary alicyclic amines) is 1. The minimum atomic E-state index is -4.56. The first kappa shape index (κ1) is 25.1. The van der Waals surface area contributed by atoms with Crippen molar-refractivity contribution >= 4 is 21.4 Å². The van der Waals surface area contributed by atoms with Crippen LogP contribution in [0.15, 0.2) is 47.4 Å². The Morgan fingerprint density at radius 1 is 1.00 bits per heavy atom. The van der Waals surface area contributed by atoms with E-state index >= 15 is 0 Å². The van der Waals surface area contributed by atoms with Crippen LogP contribution in [-0.2, 0) is 16.0 Å². The third-order valence-electron chi connectivity index (χ3n) is 5.94. The summed E-state index contributed by atoms with van der Waals surface area (Å²) in [6.45, 7) is 8.97. The van der Waals surface area contributed by atoms with Crippen molar-refractivity contribution in [2.45, 2.75) is 56.4 Å². The zero-order chi connectivity index (χ0) is 23.7. The molecule has 1 aliphatic rings. The van der Waals surface area contributed by atoms with Crippen molar-refractivity contribution in [1.82, 2.24) is 4.90 Å². The van der Waals surface area contributed by atoms with Crippen molar-refractivity contribution in [1.29, 1.82) is 0 Å². The summed E-state index contributed by atoms with van der Waals surface area (Å²) in [5.74, 6) is 0. The SMILES string of the molecule is CC(C)(C)CCN1CCC(S(=O)(=O)c2ccc(-c3c(Cl)cccc3C(F)(F)F)cc2)CC1. The Balaban J connectivity index is 1.76. The Bertz CT molecular complexity index is 1040. The molecule has 0 saturated carbocycles. The molecule has 8 heteroatoms. The van der Waals surface area contributed by atoms with E-state index in [4.69, 9.17) is 11.6 Å². The molecule has 3 nitrogen and oxygen atoms in total. The normalized spacial score (nSPS) is 17.0. The van der Waals surface area contributed by atoms with Gasteiger partial charge in [-0.2, -0.15) is 13.2 Å². The van der Waals surface area contributed by atoms with Crippen LogP contribution in [0.3, 0.4) is 0 Å². The Labute approximate surface area is 193 Å². The molecule has 2 aromatic carbocycles. The van der Waals surface area contributed by atoms with Crippen LogP contribution >= 0.6 is 11.6 Å². The summed E-state index contributed by atoms with van der Waals surface area (Å²) in [7, 11) is -3.56. The third kappa shape index (κ3) is 5.86. The monoisotopic (exact) mass is 487 g/mol. The number of alkyl halides is 3. The zero-order valence-electron chi connectivity index (χ0n) is 18.5. The van der Waals surface area contributed by atoms with Crippen LogP contribution in [0.2, 0.25) is 5.02 Å². The van der Waals surface area contributed by atoms with E-state index in [9.17, 15) is 21.6 Å². The molecule has 32 heavy (non-hydrogen) atoms. The lowest BCUT2D eigenvalue weighted by Crippen LogP contribution is -2.40. The van der Waals surface area contributed by atoms with Crippen LogP contribution < -0.4 is 0 Å². The highest BCUT2D eigenvalue weighted by atomic mass is 35.5. The summed E-state index contributed by atoms with van der Waals surface area (Å²) in [5.41, 5.74) is -0.516. The number of rotatable bonds is 5. The van der Waals surface area contributed by atoms with Crippen LogP contribution in [0.1, 0.15) is 45.6 Å². The first-order valence-corrected chi connectivity index (χ1v) is 12.6. The number of halogens is 4. The summed E-state index contributed by atoms with van der Waals surface area (Å²) >= 11 is 6.07. The average Bonchev–Trinajstić information content (AvgIpc) is 2.71. The second-order valence-corrected chi connectivity index (χ2v) is 12.2. The molecule has 1 saturated heterocycles. The molecule has 176 valence electrons. The maximum absolute atomic E-state index is 13.4. The number of hydrogen-bond donors (Lipinski definition) is 0. The molecule has 1 aliphatic heterocycles. The van der Waals surface area contributed by atoms with Gasteiger partial charge in [-0.15, -0.1) is 0 Å². The van der Waals surface area contributed by atoms with E-state index in [2.05, 4.69) is 25.7 Å². The van der Waals surface area contributed by atoms with Gasteiger partial charge in [0, 0.05) is 10.6 Å². The Hall–Kier alpha value is -1.57. The summed E-state index contributed by atoms with van der Waals surface area (Å²) in [5, 5.41) is -0.511. The first-order chi connectivity index (χ1) is 14.8. The van der Waals surface area contributed by atoms with Gasteiger partial charge in [-0.3, -0.25) is 0 Å². The van der Waals surface area contributed by atoms with Crippen molar-refractivity contribution in [3.63, 3.8) is 0 Å². The smallest absolute Gasteiger partial charge is 0.303 e. The molecular formula is C24H29ClF3NO2S. The van der Waals surface area contributed by atoms with Gasteiger partial charge in [0.25, 0.3) is 0 Å². The van der Waals surface area contributed by atoms with Crippen molar-refractivity contribution in [2.24, 2.45) is 5.41 Å². The van der Waals surface area contributed by atoms with Crippen LogP contribution in [0.4, 0.5) is 13.2 Å². The number of benzene rings is 2. The number of nitrogens with zero attached hydrogens (tertiary/aromatic N) is 1. The van der Waals surface area contributed by atoms with Crippen molar-refractivity contribution in [3.8, 4) is 11.1 Å². The first-order valence-electron chi connectivity index (χ1n) is 10.7. The van der Waals surface area contributed by atoms with E-state index in [1.807, 2.05) is 0 Å². The lowest BCUT2D eigenvalue weighted by molar-refractivity contribution is -0.137. The summed E-state index contributed by atoms with van der Waals surface area (Å²) < 4.78 is 66.5. The standard InChI is InChI=1S/C24H29ClF3NO2S/c1-23(2,3)13-16-29-14-11-19(12-15-29)32(30,31)18-9-7-17(8-10-18)22-20(24(26,27)28)5-4-6-21(22)25/h4-10,19H,11-16H2,1-3H3. The summed E-state index contributed by atoms with van der Waals surface area (Å²) in [6.07, 6.45) is -2.41. The third-order valence-corrected chi connectivity index (χ3v) is 8.54. The van der Waals surface area contributed by atoms with Crippen LogP contribution in [0.25, 0.3) is 11.1 Å². The molecule has 0 aliphatic carbocycles. The van der Waals surface area contributed by atoms with Crippen LogP contribution in [0, 0.1) is 5.41 Å². The minimum Gasteiger partial charge on any atom is -0.303 e. The van der Waals surface area contributed by atoms with E-state index in [-0.39, 0.29) is 26.5 Å². The molecule has 2 aromatic rings. The molecular weight excluding hydrogens is 459 g/mol. The Morgan fingerprint density at radius 2 is 1.59 bits per heavy atom. The lowest BCUT2D eigenvalue weighted by atomic mass is 9.92. The number of piperidine rings is 1. The second-order valence-electron chi connectivity index (χ2n) is 9.58. The van der Waals surface area contributed by atoms with E-state index < -0.39 is 26.8 Å². The molecule has 0 atom stereocenters. The van der Waals surface area contributed by atoms with Gasteiger partial charge in [0.1, 0.15) is 0 Å². The van der Waals surface area contributed by atoms with E-state index in [0.29, 0.717) is 12.8 Å². The minimum absolute atomic E-state index is 0.0296. The number of hydrogen-bond acceptors (Lipinski definition) is 3. The summed E-state index contributed by atoms with van der Waals surface area (Å²) in [6, 6.07) is 9.20. The van der Waals surface area contributed by atoms with Crippen molar-refractivity contribution in [3.05, 3.63) is 53.1 Å². The maximum atomic E-state index is 13.4. The quantitative estimate of drug-likeness (QED) is 0.471. The Morgan fingerprint density at radius 3 is 2.12 bits per heavy atom. The highest BCUT2D eigenvalue weighted by Gasteiger charge is 2.35. The second kappa shape index (κ2) is 9.35. The van der Waals surface area contributed by atoms with Crippen LogP contribution in [-0.4, -0.2) is 38.2 Å². The predicted octanol–water partition coefficient (Wildman–Crippen LogP) is 6.70. The molecule has 0 aromatic heterocycles. The van der Waals surface area contributed by atoms with Crippen molar-refractivity contribution < 1.29 is 21.6 Å². The molecule has 0 radical (unpaired) electrons. The fraction of sp³-hybridized carbons (Fsp3) is 0.500. The van der Waals surface area contributed by atoms with Gasteiger partial charge in [-0.25, -0.2) is 8.42 Å². The molecule has 3 rings (SSSR count). The fourth-order valence-corrected chi connectivity index (χ4v) is 6.01. The van der Waals surface area contributed by atoms with Gasteiger partial charge in [0.15, 0.2) is 9.84 Å². The topological polar surface area (TPSA) is 37.4 Å². The molecule has 0 bridgehead atoms. The van der Waals surface area contributed by atoms with Crippen molar-refractivity contribution in [2.75, 3.05) is 19.6 Å². The molecule has 0 N–H and O–H groups in total. The van der Waals surface area contributed by atoms with Gasteiger partial charge in [-0.1, -0.05) is 50.6 Å². The maximum Gasteiger partial charge on any atom is 0.417 e. The number of sulfone groups is 1. The van der Waals surface area contributed by atoms with Crippen LogP contribution in [0.5, 0.6) is 0 Å². The average molecular weight is 488 g/mol. The highest BCUT2D eigenvalue weighted by molar-refractivity contribution is 7.92. The fourth-order valence-electron chi connectivity index (χ4n) is 3.99. The van der Waals surface area contributed by atoms with Gasteiger partial charge >= 0.3 is 6.18 Å². The zero-order valence-corrected chi connectivity index (χ0v) is 20.1. The largest absolute Gasteiger partial charge is 0.417 e. The lowest BCUT2D eigenvalue weighted by Gasteiger charge is -2.33. The van der Waals surface area contributed by atoms with Gasteiger partial charge in [0.05, 0.1) is 15.7 Å².